The van der Waals surface area contributed by atoms with Crippen molar-refractivity contribution in [1.82, 2.24) is 0 Å². The summed E-state index contributed by atoms with van der Waals surface area (Å²) in [5, 5.41) is 7.00. The molecule has 0 saturated heterocycles. The molecule has 0 aromatic heterocycles. The number of methoxy groups -OCH3 is 2. The van der Waals surface area contributed by atoms with E-state index in [2.05, 4.69) is 37.6 Å². The van der Waals surface area contributed by atoms with E-state index in [1.807, 2.05) is 20.6 Å². The number of carbonyl (C=O) groups is 1. The van der Waals surface area contributed by atoms with Crippen molar-refractivity contribution in [2.75, 3.05) is 21.3 Å². The summed E-state index contributed by atoms with van der Waals surface area (Å²) < 4.78 is 71.3. The molecule has 0 radical (unpaired) electrons. The maximum Gasteiger partial charge on any atom is 0.206 e. The Kier molecular flexibility index (Phi) is 18.3. The fourth-order valence-corrected chi connectivity index (χ4v) is 1.88. The summed E-state index contributed by atoms with van der Waals surface area (Å²) in [5.41, 5.74) is 3.94. The van der Waals surface area contributed by atoms with Crippen LogP contribution in [0.5, 0.6) is 11.5 Å². The predicted molar refractivity (Wildman–Crippen MR) is 107 cm³/mol. The van der Waals surface area contributed by atoms with Crippen molar-refractivity contribution in [1.29, 1.82) is 0 Å². The molecule has 2 rings (SSSR count). The number of halogens is 5. The lowest BCUT2D eigenvalue weighted by molar-refractivity contribution is -0.0980. The molecule has 0 atom stereocenters. The maximum atomic E-state index is 12.6. The molecule has 9 heteroatoms. The maximum absolute atomic E-state index is 12.6. The minimum atomic E-state index is -2.20. The molecule has 2 aromatic rings. The van der Waals surface area contributed by atoms with Crippen molar-refractivity contribution in [2.45, 2.75) is 34.6 Å². The highest BCUT2D eigenvalue weighted by Crippen LogP contribution is 2.28. The molecule has 0 fully saturated rings. The van der Waals surface area contributed by atoms with Gasteiger partial charge in [0.05, 0.1) is 14.2 Å². The van der Waals surface area contributed by atoms with E-state index < -0.39 is 34.8 Å². The van der Waals surface area contributed by atoms with Crippen LogP contribution in [-0.4, -0.2) is 33.2 Å². The number of rotatable bonds is 2. The molecule has 4 nitrogen and oxygen atoms in total. The van der Waals surface area contributed by atoms with E-state index in [-0.39, 0.29) is 0 Å². The van der Waals surface area contributed by atoms with E-state index in [0.29, 0.717) is 0 Å². The minimum absolute atomic E-state index is 0.804. The summed E-state index contributed by atoms with van der Waals surface area (Å²) in [4.78, 5) is 8.00. The van der Waals surface area contributed by atoms with Crippen LogP contribution in [0.2, 0.25) is 0 Å². The molecule has 172 valence electrons. The zero-order chi connectivity index (χ0) is 24.6. The Labute approximate surface area is 174 Å². The number of ether oxygens (including phenoxy) is 2. The third-order valence-electron chi connectivity index (χ3n) is 3.51. The SMILES string of the molecule is C=O.CC.CO.COc1c(F)c(F)c(F)c(F)c1F.COc1cc(C)c(C)c(C)c1. The van der Waals surface area contributed by atoms with Crippen molar-refractivity contribution in [3.05, 3.63) is 57.9 Å². The van der Waals surface area contributed by atoms with Gasteiger partial charge in [0, 0.05) is 7.11 Å². The third kappa shape index (κ3) is 8.77. The number of aliphatic hydroxyl groups excluding tert-OH is 1. The molecule has 0 aliphatic heterocycles. The lowest BCUT2D eigenvalue weighted by Gasteiger charge is -2.07. The summed E-state index contributed by atoms with van der Waals surface area (Å²) in [7, 11) is 3.50. The van der Waals surface area contributed by atoms with E-state index in [4.69, 9.17) is 14.6 Å². The first-order valence-corrected chi connectivity index (χ1v) is 8.56. The van der Waals surface area contributed by atoms with Crippen LogP contribution in [0.25, 0.3) is 0 Å². The van der Waals surface area contributed by atoms with Gasteiger partial charge in [-0.1, -0.05) is 13.8 Å². The zero-order valence-electron chi connectivity index (χ0n) is 18.4. The van der Waals surface area contributed by atoms with E-state index in [0.717, 1.165) is 20.0 Å². The van der Waals surface area contributed by atoms with Crippen molar-refractivity contribution < 1.29 is 41.3 Å². The monoisotopic (exact) mass is 440 g/mol. The van der Waals surface area contributed by atoms with Gasteiger partial charge in [0.25, 0.3) is 0 Å². The van der Waals surface area contributed by atoms with Crippen molar-refractivity contribution >= 4 is 6.79 Å². The smallest absolute Gasteiger partial charge is 0.206 e. The Hall–Kier alpha value is -2.68. The van der Waals surface area contributed by atoms with Crippen LogP contribution in [-0.2, 0) is 4.79 Å². The van der Waals surface area contributed by atoms with Gasteiger partial charge in [-0.2, -0.15) is 8.78 Å². The zero-order valence-corrected chi connectivity index (χ0v) is 18.4. The Morgan fingerprint density at radius 3 is 1.27 bits per heavy atom. The summed E-state index contributed by atoms with van der Waals surface area (Å²) >= 11 is 0. The predicted octanol–water partition coefficient (Wildman–Crippen LogP) is 5.46. The second kappa shape index (κ2) is 17.2. The average Bonchev–Trinajstić information content (AvgIpc) is 2.79. The fourth-order valence-electron chi connectivity index (χ4n) is 1.88. The third-order valence-corrected chi connectivity index (χ3v) is 3.51. The van der Waals surface area contributed by atoms with Crippen LogP contribution in [0.15, 0.2) is 12.1 Å². The topological polar surface area (TPSA) is 55.8 Å². The lowest BCUT2D eigenvalue weighted by atomic mass is 10.0. The number of benzene rings is 2. The van der Waals surface area contributed by atoms with Gasteiger partial charge in [0.1, 0.15) is 12.5 Å². The second-order valence-electron chi connectivity index (χ2n) is 4.99. The van der Waals surface area contributed by atoms with Gasteiger partial charge in [-0.05, 0) is 49.6 Å². The number of carbonyl (C=O) groups excluding carboxylic acids is 1. The van der Waals surface area contributed by atoms with Crippen LogP contribution < -0.4 is 9.47 Å². The molecule has 1 N–H and O–H groups in total. The summed E-state index contributed by atoms with van der Waals surface area (Å²) in [6, 6.07) is 4.12. The molecule has 30 heavy (non-hydrogen) atoms. The highest BCUT2D eigenvalue weighted by Gasteiger charge is 2.26. The molecule has 0 aliphatic rings. The quantitative estimate of drug-likeness (QED) is 0.383. The first-order valence-electron chi connectivity index (χ1n) is 8.56. The molecule has 2 aromatic carbocycles. The van der Waals surface area contributed by atoms with Gasteiger partial charge in [-0.3, -0.25) is 0 Å². The molecular weight excluding hydrogens is 411 g/mol. The first kappa shape index (κ1) is 32.0. The molecule has 0 aliphatic carbocycles. The largest absolute Gasteiger partial charge is 0.497 e. The van der Waals surface area contributed by atoms with Crippen LogP contribution in [0.1, 0.15) is 30.5 Å². The van der Waals surface area contributed by atoms with Crippen molar-refractivity contribution in [2.24, 2.45) is 0 Å². The minimum Gasteiger partial charge on any atom is -0.497 e. The second-order valence-corrected chi connectivity index (χ2v) is 4.99. The van der Waals surface area contributed by atoms with E-state index in [9.17, 15) is 22.0 Å². The lowest BCUT2D eigenvalue weighted by Crippen LogP contribution is -2.04. The van der Waals surface area contributed by atoms with Gasteiger partial charge < -0.3 is 19.4 Å². The molecule has 0 amide bonds. The van der Waals surface area contributed by atoms with Crippen molar-refractivity contribution in [3.8, 4) is 11.5 Å². The Balaban J connectivity index is -0.000000392. The standard InChI is InChI=1S/C10H14O.C7H3F5O.C2H6.CH4O.CH2O/c1-7-5-10(11-4)6-8(2)9(7)3;1-13-7-5(11)3(9)2(8)4(10)6(7)12;3*1-2/h5-6H,1-4H3;1H3;1-2H3;2H,1H3;1H2. The normalized spacial score (nSPS) is 8.60. The van der Waals surface area contributed by atoms with Gasteiger partial charge >= 0.3 is 0 Å². The molecule has 0 unspecified atom stereocenters. The average molecular weight is 440 g/mol. The first-order chi connectivity index (χ1) is 14.1. The van der Waals surface area contributed by atoms with Crippen LogP contribution >= 0.6 is 0 Å². The number of aliphatic hydroxyl groups is 1. The Bertz CT molecular complexity index is 716. The van der Waals surface area contributed by atoms with Crippen LogP contribution in [0.4, 0.5) is 22.0 Å². The fraction of sp³-hybridized carbons (Fsp3) is 0.381. The van der Waals surface area contributed by atoms with Crippen molar-refractivity contribution in [3.63, 3.8) is 0 Å². The van der Waals surface area contributed by atoms with Gasteiger partial charge in [-0.25, -0.2) is 13.2 Å². The van der Waals surface area contributed by atoms with E-state index >= 15 is 0 Å². The summed E-state index contributed by atoms with van der Waals surface area (Å²) in [6.45, 7) is 12.3. The van der Waals surface area contributed by atoms with Crippen LogP contribution in [0, 0.1) is 49.9 Å². The Morgan fingerprint density at radius 2 is 1.00 bits per heavy atom. The van der Waals surface area contributed by atoms with Crippen LogP contribution in [0.3, 0.4) is 0 Å². The molecule has 0 heterocycles. The highest BCUT2D eigenvalue weighted by atomic mass is 19.2. The highest BCUT2D eigenvalue weighted by molar-refractivity contribution is 5.40. The Morgan fingerprint density at radius 1 is 0.700 bits per heavy atom. The van der Waals surface area contributed by atoms with Gasteiger partial charge in [0.2, 0.25) is 29.1 Å². The molecule has 0 saturated carbocycles. The molecular formula is C21H29F5O4. The number of aryl methyl sites for hydroxylation is 2. The molecule has 0 bridgehead atoms. The summed E-state index contributed by atoms with van der Waals surface area (Å²) in [5.74, 6) is -10.5. The van der Waals surface area contributed by atoms with Gasteiger partial charge in [0.15, 0.2) is 5.75 Å². The summed E-state index contributed by atoms with van der Waals surface area (Å²) in [6.07, 6.45) is 0. The molecule has 0 spiro atoms. The number of hydrogen-bond acceptors (Lipinski definition) is 4. The number of hydrogen-bond donors (Lipinski definition) is 1. The van der Waals surface area contributed by atoms with E-state index in [1.54, 1.807) is 7.11 Å². The van der Waals surface area contributed by atoms with Gasteiger partial charge in [-0.15, -0.1) is 0 Å². The van der Waals surface area contributed by atoms with E-state index in [1.165, 1.54) is 16.7 Å².